The number of benzene rings is 2. The zero-order valence-electron chi connectivity index (χ0n) is 15.7. The van der Waals surface area contributed by atoms with Crippen molar-refractivity contribution in [1.29, 1.82) is 0 Å². The normalized spacial score (nSPS) is 10.2. The zero-order chi connectivity index (χ0) is 23.4. The Bertz CT molecular complexity index is 1500. The second-order valence-corrected chi connectivity index (χ2v) is 6.11. The number of rotatable bonds is 4. The number of hydrogen-bond donors (Lipinski definition) is 4. The Balaban J connectivity index is 2.66. The second-order valence-electron chi connectivity index (χ2n) is 6.11. The maximum atomic E-state index is 11.4. The topological polar surface area (TPSA) is 149 Å². The van der Waals surface area contributed by atoms with Gasteiger partial charge in [-0.1, -0.05) is 22.9 Å². The van der Waals surface area contributed by atoms with Gasteiger partial charge >= 0.3 is 23.9 Å². The smallest absolute Gasteiger partial charge is 0.336 e. The van der Waals surface area contributed by atoms with Crippen LogP contribution in [0.3, 0.4) is 0 Å². The van der Waals surface area contributed by atoms with Crippen LogP contribution < -0.4 is 20.9 Å². The third-order valence-electron chi connectivity index (χ3n) is 4.15. The van der Waals surface area contributed by atoms with E-state index >= 15 is 0 Å². The van der Waals surface area contributed by atoms with Gasteiger partial charge < -0.3 is 20.4 Å². The number of hydrogen-bond acceptors (Lipinski definition) is 4. The predicted molar refractivity (Wildman–Crippen MR) is 107 cm³/mol. The summed E-state index contributed by atoms with van der Waals surface area (Å²) in [6.45, 7) is 0. The van der Waals surface area contributed by atoms with Crippen LogP contribution in [0.5, 0.6) is 0 Å². The number of carboxylic acid groups (broad SMARTS) is 4. The highest BCUT2D eigenvalue weighted by atomic mass is 16.4. The van der Waals surface area contributed by atoms with Crippen LogP contribution in [0.4, 0.5) is 0 Å². The maximum Gasteiger partial charge on any atom is 0.336 e. The molecule has 8 heteroatoms. The Morgan fingerprint density at radius 2 is 0.625 bits per heavy atom. The molecule has 1 aliphatic rings. The monoisotopic (exact) mass is 424 g/mol. The molecule has 0 atom stereocenters. The fourth-order valence-electron chi connectivity index (χ4n) is 2.72. The molecule has 2 aromatic rings. The largest absolute Gasteiger partial charge is 0.478 e. The van der Waals surface area contributed by atoms with E-state index in [0.29, 0.717) is 0 Å². The number of carboxylic acids is 4. The van der Waals surface area contributed by atoms with Crippen LogP contribution in [0.1, 0.15) is 41.4 Å². The number of fused-ring (bicyclic) bond motifs is 2. The average Bonchev–Trinajstić information content (AvgIpc) is 2.72. The standard InChI is InChI=1S/C24H8O8/c25-21(26)17-9-13-5-1-2-6-14-10-18(22(27)28)20(24(31)32)12-16(14)8-4-3-7-15(13)11-19(17)23(29)30/h9-12H,(H,25,26)(H,27,28)(H,29,30)(H,31,32). The quantitative estimate of drug-likeness (QED) is 0.408. The van der Waals surface area contributed by atoms with E-state index in [0.717, 1.165) is 24.3 Å². The lowest BCUT2D eigenvalue weighted by Gasteiger charge is -2.00. The molecular formula is C24H8O8. The van der Waals surface area contributed by atoms with Gasteiger partial charge in [0.15, 0.2) is 0 Å². The molecule has 0 aliphatic heterocycles. The van der Waals surface area contributed by atoms with Gasteiger partial charge in [0.1, 0.15) is 0 Å². The van der Waals surface area contributed by atoms with Crippen molar-refractivity contribution in [2.24, 2.45) is 0 Å². The lowest BCUT2D eigenvalue weighted by Crippen LogP contribution is -2.27. The van der Waals surface area contributed by atoms with Gasteiger partial charge in [0, 0.05) is 20.9 Å². The van der Waals surface area contributed by atoms with Crippen molar-refractivity contribution < 1.29 is 39.6 Å². The molecule has 0 radical (unpaired) electrons. The lowest BCUT2D eigenvalue weighted by atomic mass is 10.0. The van der Waals surface area contributed by atoms with Crippen LogP contribution >= 0.6 is 0 Å². The summed E-state index contributed by atoms with van der Waals surface area (Å²) in [6.07, 6.45) is 0. The molecule has 0 unspecified atom stereocenters. The van der Waals surface area contributed by atoms with Gasteiger partial charge in [-0.2, -0.15) is 0 Å². The van der Waals surface area contributed by atoms with E-state index in [1.807, 2.05) is 0 Å². The third kappa shape index (κ3) is 4.26. The highest BCUT2D eigenvalue weighted by Gasteiger charge is 2.17. The highest BCUT2D eigenvalue weighted by molar-refractivity contribution is 6.02. The Labute approximate surface area is 177 Å². The average molecular weight is 424 g/mol. The molecule has 0 heterocycles. The summed E-state index contributed by atoms with van der Waals surface area (Å²) in [7, 11) is 0. The van der Waals surface area contributed by atoms with Gasteiger partial charge in [-0.25, -0.2) is 19.2 Å². The molecule has 0 aromatic heterocycles. The number of carbonyl (C=O) groups is 4. The molecule has 0 bridgehead atoms. The molecule has 152 valence electrons. The van der Waals surface area contributed by atoms with Gasteiger partial charge in [0.2, 0.25) is 0 Å². The summed E-state index contributed by atoms with van der Waals surface area (Å²) in [5, 5.41) is 37.6. The van der Waals surface area contributed by atoms with Crippen LogP contribution in [-0.2, 0) is 0 Å². The minimum atomic E-state index is -1.46. The Morgan fingerprint density at radius 3 is 0.781 bits per heavy atom. The highest BCUT2D eigenvalue weighted by Crippen LogP contribution is 2.05. The summed E-state index contributed by atoms with van der Waals surface area (Å²) in [5.41, 5.74) is 18.4. The first-order chi connectivity index (χ1) is 15.2. The van der Waals surface area contributed by atoms with Crippen LogP contribution in [0.25, 0.3) is 22.9 Å². The van der Waals surface area contributed by atoms with Gasteiger partial charge in [-0.3, -0.25) is 0 Å². The second kappa shape index (κ2) is 8.51. The molecular weight excluding hydrogens is 416 g/mol. The first-order valence-corrected chi connectivity index (χ1v) is 8.52. The minimum absolute atomic E-state index is 0.115. The molecule has 0 fully saturated rings. The summed E-state index contributed by atoms with van der Waals surface area (Å²) in [6, 6.07) is 4.27. The van der Waals surface area contributed by atoms with Crippen molar-refractivity contribution >= 4 is 46.8 Å². The van der Waals surface area contributed by atoms with Gasteiger partial charge in [-0.15, -0.1) is 0 Å². The van der Waals surface area contributed by atoms with E-state index in [1.165, 1.54) is 0 Å². The first-order valence-electron chi connectivity index (χ1n) is 8.52. The summed E-state index contributed by atoms with van der Waals surface area (Å²) >= 11 is 0. The molecule has 2 aromatic carbocycles. The van der Waals surface area contributed by atoms with Gasteiger partial charge in [0.05, 0.1) is 22.3 Å². The first kappa shape index (κ1) is 21.3. The molecule has 0 saturated heterocycles. The molecule has 3 rings (SSSR count). The Morgan fingerprint density at radius 1 is 0.438 bits per heavy atom. The van der Waals surface area contributed by atoms with Crippen molar-refractivity contribution in [2.75, 3.05) is 0 Å². The van der Waals surface area contributed by atoms with Crippen LogP contribution in [-0.4, -0.2) is 44.3 Å². The molecule has 8 nitrogen and oxygen atoms in total. The predicted octanol–water partition coefficient (Wildman–Crippen LogP) is -0.556. The van der Waals surface area contributed by atoms with E-state index in [-0.39, 0.29) is 20.9 Å². The van der Waals surface area contributed by atoms with Crippen molar-refractivity contribution in [3.8, 4) is 0 Å². The van der Waals surface area contributed by atoms with Crippen LogP contribution in [0.15, 0.2) is 47.2 Å². The third-order valence-corrected chi connectivity index (χ3v) is 4.15. The van der Waals surface area contributed by atoms with Crippen molar-refractivity contribution in [2.45, 2.75) is 0 Å². The van der Waals surface area contributed by atoms with Crippen LogP contribution in [0.2, 0.25) is 0 Å². The zero-order valence-corrected chi connectivity index (χ0v) is 15.7. The molecule has 0 saturated carbocycles. The van der Waals surface area contributed by atoms with Crippen molar-refractivity contribution in [3.63, 3.8) is 0 Å². The number of aromatic carboxylic acids is 4. The fraction of sp³-hybridized carbons (Fsp3) is 0. The maximum absolute atomic E-state index is 11.4. The van der Waals surface area contributed by atoms with Crippen molar-refractivity contribution in [1.82, 2.24) is 0 Å². The molecule has 32 heavy (non-hydrogen) atoms. The molecule has 0 spiro atoms. The minimum Gasteiger partial charge on any atom is -0.478 e. The van der Waals surface area contributed by atoms with E-state index in [9.17, 15) is 39.6 Å². The SMILES string of the molecule is O=C(O)c1cc2c(cc1C(=O)O)=C=C=C=C=c1cc(C(=O)O)c(C(=O)O)cc1=C=C=C=C=2. The lowest BCUT2D eigenvalue weighted by molar-refractivity contribution is 0.0651. The van der Waals surface area contributed by atoms with E-state index in [2.05, 4.69) is 45.8 Å². The summed E-state index contributed by atoms with van der Waals surface area (Å²) in [4.78, 5) is 45.6. The van der Waals surface area contributed by atoms with Gasteiger partial charge in [0.25, 0.3) is 0 Å². The summed E-state index contributed by atoms with van der Waals surface area (Å²) < 4.78 is 0. The van der Waals surface area contributed by atoms with Gasteiger partial charge in [-0.05, 0) is 47.2 Å². The molecule has 4 N–H and O–H groups in total. The summed E-state index contributed by atoms with van der Waals surface area (Å²) in [5.74, 6) is -5.83. The van der Waals surface area contributed by atoms with E-state index in [1.54, 1.807) is 0 Å². The fourth-order valence-corrected chi connectivity index (χ4v) is 2.72. The Hall–Kier alpha value is -5.44. The van der Waals surface area contributed by atoms with Crippen LogP contribution in [0, 0.1) is 0 Å². The van der Waals surface area contributed by atoms with E-state index < -0.39 is 46.1 Å². The molecule has 0 amide bonds. The molecule has 1 aliphatic carbocycles. The van der Waals surface area contributed by atoms with Crippen molar-refractivity contribution in [3.05, 3.63) is 90.3 Å². The Kier molecular flexibility index (Phi) is 5.66. The van der Waals surface area contributed by atoms with E-state index in [4.69, 9.17) is 0 Å².